The standard InChI is InChI=1S/C7H11N3O4/c8-1-2-9-6(13)7(14)10-5(3-11)4-12/h5,11-12H,2-4H2,(H,9,13)(H,10,14). The number of nitrogens with zero attached hydrogens (tertiary/aromatic N) is 1. The molecule has 0 unspecified atom stereocenters. The number of nitrogens with one attached hydrogen (secondary N) is 2. The molecular formula is C7H11N3O4. The summed E-state index contributed by atoms with van der Waals surface area (Å²) in [4.78, 5) is 21.8. The van der Waals surface area contributed by atoms with Gasteiger partial charge in [0.25, 0.3) is 0 Å². The minimum atomic E-state index is -0.992. The number of carbonyl (C=O) groups is 2. The lowest BCUT2D eigenvalue weighted by atomic mass is 10.3. The van der Waals surface area contributed by atoms with E-state index in [1.807, 2.05) is 5.32 Å². The Bertz CT molecular complexity index is 244. The molecule has 0 radical (unpaired) electrons. The van der Waals surface area contributed by atoms with Crippen molar-refractivity contribution in [2.24, 2.45) is 0 Å². The molecule has 0 aromatic carbocycles. The minimum Gasteiger partial charge on any atom is -0.394 e. The molecule has 2 amide bonds. The van der Waals surface area contributed by atoms with Crippen LogP contribution in [-0.2, 0) is 9.59 Å². The minimum absolute atomic E-state index is 0.269. The Kier molecular flexibility index (Phi) is 6.02. The van der Waals surface area contributed by atoms with Crippen molar-refractivity contribution >= 4 is 11.8 Å². The van der Waals surface area contributed by atoms with E-state index < -0.39 is 31.1 Å². The van der Waals surface area contributed by atoms with Crippen LogP contribution in [0.5, 0.6) is 0 Å². The Morgan fingerprint density at radius 2 is 1.86 bits per heavy atom. The van der Waals surface area contributed by atoms with Gasteiger partial charge in [-0.3, -0.25) is 9.59 Å². The molecular weight excluding hydrogens is 190 g/mol. The van der Waals surface area contributed by atoms with Crippen molar-refractivity contribution in [3.63, 3.8) is 0 Å². The molecule has 7 heteroatoms. The van der Waals surface area contributed by atoms with Gasteiger partial charge in [-0.2, -0.15) is 5.26 Å². The van der Waals surface area contributed by atoms with Gasteiger partial charge in [-0.25, -0.2) is 0 Å². The van der Waals surface area contributed by atoms with Crippen LogP contribution in [-0.4, -0.2) is 47.8 Å². The molecule has 0 fully saturated rings. The Labute approximate surface area is 80.3 Å². The van der Waals surface area contributed by atoms with Gasteiger partial charge >= 0.3 is 11.8 Å². The summed E-state index contributed by atoms with van der Waals surface area (Å²) < 4.78 is 0. The van der Waals surface area contributed by atoms with Gasteiger partial charge in [-0.15, -0.1) is 0 Å². The summed E-state index contributed by atoms with van der Waals surface area (Å²) in [5.41, 5.74) is 0. The summed E-state index contributed by atoms with van der Waals surface area (Å²) in [5, 5.41) is 29.3. The van der Waals surface area contributed by atoms with E-state index in [2.05, 4.69) is 5.32 Å². The lowest BCUT2D eigenvalue weighted by Gasteiger charge is -2.11. The van der Waals surface area contributed by atoms with Crippen molar-refractivity contribution in [1.82, 2.24) is 10.6 Å². The second-order valence-corrected chi connectivity index (χ2v) is 2.38. The van der Waals surface area contributed by atoms with Crippen molar-refractivity contribution in [2.45, 2.75) is 6.04 Å². The normalized spacial score (nSPS) is 9.29. The van der Waals surface area contributed by atoms with Crippen molar-refractivity contribution in [2.75, 3.05) is 19.8 Å². The van der Waals surface area contributed by atoms with Crippen LogP contribution < -0.4 is 10.6 Å². The molecule has 0 rings (SSSR count). The molecule has 78 valence electrons. The highest BCUT2D eigenvalue weighted by Crippen LogP contribution is 1.79. The lowest BCUT2D eigenvalue weighted by Crippen LogP contribution is -2.47. The van der Waals surface area contributed by atoms with Gasteiger partial charge in [0.05, 0.1) is 25.3 Å². The van der Waals surface area contributed by atoms with Crippen LogP contribution in [0.3, 0.4) is 0 Å². The van der Waals surface area contributed by atoms with Crippen LogP contribution in [0.2, 0.25) is 0 Å². The summed E-state index contributed by atoms with van der Waals surface area (Å²) in [7, 11) is 0. The molecule has 0 heterocycles. The van der Waals surface area contributed by atoms with Crippen molar-refractivity contribution in [1.29, 1.82) is 5.26 Å². The van der Waals surface area contributed by atoms with Gasteiger partial charge < -0.3 is 20.8 Å². The molecule has 0 aliphatic heterocycles. The van der Waals surface area contributed by atoms with E-state index >= 15 is 0 Å². The van der Waals surface area contributed by atoms with Crippen LogP contribution in [0.4, 0.5) is 0 Å². The topological polar surface area (TPSA) is 122 Å². The van der Waals surface area contributed by atoms with Crippen LogP contribution in [0.25, 0.3) is 0 Å². The fourth-order valence-electron chi connectivity index (χ4n) is 0.600. The first-order chi connectivity index (χ1) is 6.65. The first kappa shape index (κ1) is 12.3. The highest BCUT2D eigenvalue weighted by Gasteiger charge is 2.16. The SMILES string of the molecule is N#CCNC(=O)C(=O)NC(CO)CO. The molecule has 0 aliphatic rings. The number of rotatable bonds is 4. The third kappa shape index (κ3) is 4.39. The number of aliphatic hydroxyl groups excluding tert-OH is 2. The summed E-state index contributed by atoms with van der Waals surface area (Å²) in [6, 6.07) is 0.759. The Morgan fingerprint density at radius 1 is 1.29 bits per heavy atom. The summed E-state index contributed by atoms with van der Waals surface area (Å²) >= 11 is 0. The van der Waals surface area contributed by atoms with Crippen molar-refractivity contribution < 1.29 is 19.8 Å². The predicted octanol–water partition coefficient (Wildman–Crippen LogP) is -2.90. The largest absolute Gasteiger partial charge is 0.394 e. The highest BCUT2D eigenvalue weighted by atomic mass is 16.3. The van der Waals surface area contributed by atoms with E-state index in [-0.39, 0.29) is 6.54 Å². The summed E-state index contributed by atoms with van der Waals surface area (Å²) in [6.45, 7) is -1.20. The third-order valence-electron chi connectivity index (χ3n) is 1.31. The fraction of sp³-hybridized carbons (Fsp3) is 0.571. The molecule has 0 aliphatic carbocycles. The maximum Gasteiger partial charge on any atom is 0.310 e. The average Bonchev–Trinajstić information content (AvgIpc) is 2.21. The zero-order valence-electron chi connectivity index (χ0n) is 7.36. The highest BCUT2D eigenvalue weighted by molar-refractivity contribution is 6.35. The van der Waals surface area contributed by atoms with E-state index in [0.717, 1.165) is 0 Å². The number of hydrogen-bond donors (Lipinski definition) is 4. The number of nitriles is 1. The molecule has 0 saturated heterocycles. The molecule has 0 saturated carbocycles. The molecule has 0 atom stereocenters. The van der Waals surface area contributed by atoms with E-state index in [9.17, 15) is 9.59 Å². The second-order valence-electron chi connectivity index (χ2n) is 2.38. The second kappa shape index (κ2) is 6.82. The van der Waals surface area contributed by atoms with Crippen LogP contribution >= 0.6 is 0 Å². The van der Waals surface area contributed by atoms with Crippen molar-refractivity contribution in [3.05, 3.63) is 0 Å². The molecule has 14 heavy (non-hydrogen) atoms. The summed E-state index contributed by atoms with van der Waals surface area (Å²) in [6.07, 6.45) is 0. The zero-order chi connectivity index (χ0) is 11.0. The Hall–Kier alpha value is -1.65. The lowest BCUT2D eigenvalue weighted by molar-refractivity contribution is -0.139. The Morgan fingerprint density at radius 3 is 2.29 bits per heavy atom. The first-order valence-electron chi connectivity index (χ1n) is 3.83. The monoisotopic (exact) mass is 201 g/mol. The molecule has 0 spiro atoms. The smallest absolute Gasteiger partial charge is 0.310 e. The van der Waals surface area contributed by atoms with E-state index in [1.165, 1.54) is 0 Å². The van der Waals surface area contributed by atoms with E-state index in [4.69, 9.17) is 15.5 Å². The average molecular weight is 201 g/mol. The first-order valence-corrected chi connectivity index (χ1v) is 3.83. The number of aliphatic hydroxyl groups is 2. The number of amides is 2. The number of carbonyl (C=O) groups excluding carboxylic acids is 2. The van der Waals surface area contributed by atoms with Gasteiger partial charge in [0.15, 0.2) is 0 Å². The third-order valence-corrected chi connectivity index (χ3v) is 1.31. The maximum atomic E-state index is 10.9. The molecule has 0 bridgehead atoms. The van der Waals surface area contributed by atoms with Gasteiger partial charge in [0, 0.05) is 0 Å². The van der Waals surface area contributed by atoms with Gasteiger partial charge in [0.1, 0.15) is 6.54 Å². The van der Waals surface area contributed by atoms with Crippen LogP contribution in [0.15, 0.2) is 0 Å². The maximum absolute atomic E-state index is 10.9. The predicted molar refractivity (Wildman–Crippen MR) is 44.7 cm³/mol. The van der Waals surface area contributed by atoms with Crippen LogP contribution in [0.1, 0.15) is 0 Å². The molecule has 0 aromatic rings. The fourth-order valence-corrected chi connectivity index (χ4v) is 0.600. The van der Waals surface area contributed by atoms with E-state index in [0.29, 0.717) is 0 Å². The number of hydrogen-bond acceptors (Lipinski definition) is 5. The van der Waals surface area contributed by atoms with Gasteiger partial charge in [-0.05, 0) is 0 Å². The van der Waals surface area contributed by atoms with Gasteiger partial charge in [0.2, 0.25) is 0 Å². The Balaban J connectivity index is 3.95. The zero-order valence-corrected chi connectivity index (χ0v) is 7.36. The van der Waals surface area contributed by atoms with Gasteiger partial charge in [-0.1, -0.05) is 0 Å². The molecule has 7 nitrogen and oxygen atoms in total. The summed E-state index contributed by atoms with van der Waals surface area (Å²) in [5.74, 6) is -1.97. The molecule has 4 N–H and O–H groups in total. The van der Waals surface area contributed by atoms with E-state index in [1.54, 1.807) is 6.07 Å². The molecule has 0 aromatic heterocycles. The van der Waals surface area contributed by atoms with Crippen molar-refractivity contribution in [3.8, 4) is 6.07 Å². The van der Waals surface area contributed by atoms with Crippen LogP contribution in [0, 0.1) is 11.3 Å². The quantitative estimate of drug-likeness (QED) is 0.287.